The van der Waals surface area contributed by atoms with E-state index in [0.717, 1.165) is 49.0 Å². The van der Waals surface area contributed by atoms with Crippen LogP contribution in [0.5, 0.6) is 0 Å². The topological polar surface area (TPSA) is 35.6 Å². The summed E-state index contributed by atoms with van der Waals surface area (Å²) in [5, 5.41) is 2.94. The first-order valence-electron chi connectivity index (χ1n) is 7.66. The summed E-state index contributed by atoms with van der Waals surface area (Å²) in [4.78, 5) is 17.0. The van der Waals surface area contributed by atoms with Gasteiger partial charge in [-0.1, -0.05) is 42.2 Å². The number of piperazine rings is 1. The van der Waals surface area contributed by atoms with Crippen molar-refractivity contribution < 1.29 is 4.79 Å². The summed E-state index contributed by atoms with van der Waals surface area (Å²) in [6.45, 7) is 3.97. The largest absolute Gasteiger partial charge is 0.355 e. The van der Waals surface area contributed by atoms with E-state index in [2.05, 4.69) is 28.2 Å². The number of thiocarbonyl (C=S) groups is 1. The van der Waals surface area contributed by atoms with E-state index >= 15 is 0 Å². The van der Waals surface area contributed by atoms with Crippen LogP contribution in [-0.4, -0.2) is 58.5 Å². The molecule has 0 aliphatic carbocycles. The van der Waals surface area contributed by atoms with E-state index in [0.29, 0.717) is 0 Å². The van der Waals surface area contributed by atoms with Gasteiger partial charge >= 0.3 is 0 Å². The molecule has 2 aliphatic heterocycles. The first-order chi connectivity index (χ1) is 10.6. The molecule has 0 bridgehead atoms. The average molecular weight is 335 g/mol. The highest BCUT2D eigenvalue weighted by Crippen LogP contribution is 2.28. The molecule has 3 rings (SSSR count). The second kappa shape index (κ2) is 6.98. The molecule has 1 atom stereocenters. The van der Waals surface area contributed by atoms with Gasteiger partial charge in [-0.2, -0.15) is 0 Å². The van der Waals surface area contributed by atoms with Gasteiger partial charge in [0.1, 0.15) is 4.32 Å². The number of nitrogens with one attached hydrogen (secondary N) is 1. The lowest BCUT2D eigenvalue weighted by atomic mass is 10.1. The van der Waals surface area contributed by atoms with Crippen LogP contribution >= 0.6 is 24.0 Å². The van der Waals surface area contributed by atoms with Gasteiger partial charge < -0.3 is 15.1 Å². The maximum atomic E-state index is 12.4. The maximum Gasteiger partial charge on any atom is 0.237 e. The highest BCUT2D eigenvalue weighted by Gasteiger charge is 2.27. The summed E-state index contributed by atoms with van der Waals surface area (Å²) in [5.41, 5.74) is 2.16. The van der Waals surface area contributed by atoms with Gasteiger partial charge in [0.25, 0.3) is 0 Å². The van der Waals surface area contributed by atoms with E-state index in [4.69, 9.17) is 12.2 Å². The molecule has 0 aromatic heterocycles. The number of hydrogen-bond donors (Lipinski definition) is 1. The lowest BCUT2D eigenvalue weighted by molar-refractivity contribution is -0.115. The van der Waals surface area contributed by atoms with Crippen LogP contribution < -0.4 is 5.32 Å². The Bertz CT molecular complexity index is 570. The van der Waals surface area contributed by atoms with Crippen LogP contribution in [0.2, 0.25) is 0 Å². The number of aryl methyl sites for hydroxylation is 1. The Balaban J connectivity index is 1.61. The van der Waals surface area contributed by atoms with E-state index in [1.165, 1.54) is 5.56 Å². The molecule has 2 heterocycles. The van der Waals surface area contributed by atoms with Crippen molar-refractivity contribution in [3.63, 3.8) is 0 Å². The van der Waals surface area contributed by atoms with Gasteiger partial charge in [-0.3, -0.25) is 4.79 Å². The standard InChI is InChI=1S/C16H21N3OS2/c1-18-8-10-19(11-9-18)16(21)22-14-7-6-12-4-2-3-5-13(12)17-15(14)20/h2-5,14H,6-11H2,1H3,(H,17,20). The zero-order chi connectivity index (χ0) is 15.5. The molecule has 1 amide bonds. The Kier molecular flexibility index (Phi) is 5.00. The second-order valence-electron chi connectivity index (χ2n) is 5.85. The van der Waals surface area contributed by atoms with Gasteiger partial charge in [0, 0.05) is 31.9 Å². The van der Waals surface area contributed by atoms with Gasteiger partial charge in [-0.15, -0.1) is 0 Å². The Morgan fingerprint density at radius 1 is 1.27 bits per heavy atom. The number of fused-ring (bicyclic) bond motifs is 1. The number of para-hydroxylation sites is 1. The fraction of sp³-hybridized carbons (Fsp3) is 0.500. The van der Waals surface area contributed by atoms with E-state index in [1.807, 2.05) is 18.2 Å². The minimum Gasteiger partial charge on any atom is -0.355 e. The van der Waals surface area contributed by atoms with Crippen molar-refractivity contribution in [2.75, 3.05) is 38.5 Å². The molecule has 2 aliphatic rings. The molecule has 118 valence electrons. The molecule has 6 heteroatoms. The summed E-state index contributed by atoms with van der Waals surface area (Å²) >= 11 is 7.11. The number of anilines is 1. The fourth-order valence-corrected chi connectivity index (χ4v) is 4.30. The van der Waals surface area contributed by atoms with Gasteiger partial charge in [0.15, 0.2) is 0 Å². The van der Waals surface area contributed by atoms with Crippen molar-refractivity contribution in [3.8, 4) is 0 Å². The third-order valence-corrected chi connectivity index (χ3v) is 5.99. The van der Waals surface area contributed by atoms with Gasteiger partial charge in [0.2, 0.25) is 5.91 Å². The maximum absolute atomic E-state index is 12.4. The summed E-state index contributed by atoms with van der Waals surface area (Å²) in [5.74, 6) is 0.0754. The molecule has 0 spiro atoms. The molecule has 1 aromatic rings. The first kappa shape index (κ1) is 15.8. The van der Waals surface area contributed by atoms with E-state index in [-0.39, 0.29) is 11.2 Å². The number of amides is 1. The lowest BCUT2D eigenvalue weighted by Gasteiger charge is -2.34. The average Bonchev–Trinajstić information content (AvgIpc) is 2.67. The quantitative estimate of drug-likeness (QED) is 0.796. The van der Waals surface area contributed by atoms with Crippen molar-refractivity contribution in [3.05, 3.63) is 29.8 Å². The molecular formula is C16H21N3OS2. The molecule has 1 fully saturated rings. The number of benzene rings is 1. The number of likely N-dealkylation sites (N-methyl/N-ethyl adjacent to an activating group) is 1. The van der Waals surface area contributed by atoms with Crippen LogP contribution in [-0.2, 0) is 11.2 Å². The molecule has 1 aromatic carbocycles. The van der Waals surface area contributed by atoms with Crippen molar-refractivity contribution in [2.24, 2.45) is 0 Å². The smallest absolute Gasteiger partial charge is 0.237 e. The summed E-state index contributed by atoms with van der Waals surface area (Å²) < 4.78 is 0.860. The molecule has 0 radical (unpaired) electrons. The highest BCUT2D eigenvalue weighted by atomic mass is 32.2. The van der Waals surface area contributed by atoms with Gasteiger partial charge in [-0.25, -0.2) is 0 Å². The van der Waals surface area contributed by atoms with Crippen LogP contribution in [0.3, 0.4) is 0 Å². The Morgan fingerprint density at radius 2 is 2.00 bits per heavy atom. The molecular weight excluding hydrogens is 314 g/mol. The van der Waals surface area contributed by atoms with Crippen LogP contribution in [0.4, 0.5) is 5.69 Å². The van der Waals surface area contributed by atoms with Crippen molar-refractivity contribution in [1.29, 1.82) is 0 Å². The van der Waals surface area contributed by atoms with E-state index in [9.17, 15) is 4.79 Å². The number of nitrogens with zero attached hydrogens (tertiary/aromatic N) is 2. The summed E-state index contributed by atoms with van der Waals surface area (Å²) in [6.07, 6.45) is 1.75. The van der Waals surface area contributed by atoms with Crippen LogP contribution in [0.15, 0.2) is 24.3 Å². The van der Waals surface area contributed by atoms with Crippen LogP contribution in [0.25, 0.3) is 0 Å². The molecule has 4 nitrogen and oxygen atoms in total. The zero-order valence-corrected chi connectivity index (χ0v) is 14.4. The Morgan fingerprint density at radius 3 is 2.77 bits per heavy atom. The second-order valence-corrected chi connectivity index (χ2v) is 7.68. The third kappa shape index (κ3) is 3.62. The van der Waals surface area contributed by atoms with Crippen molar-refractivity contribution in [2.45, 2.75) is 18.1 Å². The highest BCUT2D eigenvalue weighted by molar-refractivity contribution is 8.23. The SMILES string of the molecule is CN1CCN(C(=S)SC2CCc3ccccc3NC2=O)CC1. The number of carbonyl (C=O) groups excluding carboxylic acids is 1. The number of rotatable bonds is 1. The molecule has 1 unspecified atom stereocenters. The lowest BCUT2D eigenvalue weighted by Crippen LogP contribution is -2.46. The molecule has 1 N–H and O–H groups in total. The van der Waals surface area contributed by atoms with Crippen molar-refractivity contribution >= 4 is 39.9 Å². The number of thioether (sulfide) groups is 1. The normalized spacial score (nSPS) is 22.7. The summed E-state index contributed by atoms with van der Waals surface area (Å²) in [7, 11) is 2.13. The number of hydrogen-bond acceptors (Lipinski definition) is 4. The Hall–Kier alpha value is -1.11. The minimum atomic E-state index is -0.0976. The monoisotopic (exact) mass is 335 g/mol. The predicted octanol–water partition coefficient (Wildman–Crippen LogP) is 2.21. The van der Waals surface area contributed by atoms with Gasteiger partial charge in [-0.05, 0) is 31.5 Å². The first-order valence-corrected chi connectivity index (χ1v) is 8.95. The zero-order valence-electron chi connectivity index (χ0n) is 12.7. The Labute approximate surface area is 141 Å². The van der Waals surface area contributed by atoms with E-state index in [1.54, 1.807) is 11.8 Å². The molecule has 22 heavy (non-hydrogen) atoms. The fourth-order valence-electron chi connectivity index (χ4n) is 2.79. The number of carbonyl (C=O) groups is 1. The molecule has 0 saturated carbocycles. The van der Waals surface area contributed by atoms with Gasteiger partial charge in [0.05, 0.1) is 5.25 Å². The summed E-state index contributed by atoms with van der Waals surface area (Å²) in [6, 6.07) is 8.04. The molecule has 1 saturated heterocycles. The predicted molar refractivity (Wildman–Crippen MR) is 96.4 cm³/mol. The van der Waals surface area contributed by atoms with E-state index < -0.39 is 0 Å². The third-order valence-electron chi connectivity index (χ3n) is 4.25. The minimum absolute atomic E-state index is 0.0754. The van der Waals surface area contributed by atoms with Crippen LogP contribution in [0.1, 0.15) is 12.0 Å². The van der Waals surface area contributed by atoms with Crippen molar-refractivity contribution in [1.82, 2.24) is 9.80 Å². The van der Waals surface area contributed by atoms with Crippen LogP contribution in [0, 0.1) is 0 Å².